The van der Waals surface area contributed by atoms with Crippen LogP contribution in [0.4, 0.5) is 0 Å². The number of nitrogens with two attached hydrogens (primary N) is 2. The topological polar surface area (TPSA) is 76.8 Å². The zero-order valence-electron chi connectivity index (χ0n) is 16.6. The molecule has 4 atom stereocenters. The molecule has 0 aromatic carbocycles. The maximum absolute atomic E-state index is 5.55. The van der Waals surface area contributed by atoms with Crippen molar-refractivity contribution in [2.75, 3.05) is 0 Å². The third-order valence-corrected chi connectivity index (χ3v) is 6.97. The molecule has 4 rings (SSSR count). The van der Waals surface area contributed by atoms with Crippen molar-refractivity contribution < 1.29 is 0 Å². The first-order chi connectivity index (χ1) is 12.1. The third kappa shape index (κ3) is 5.15. The summed E-state index contributed by atoms with van der Waals surface area (Å²) in [5.41, 5.74) is 12.8. The van der Waals surface area contributed by atoms with Gasteiger partial charge >= 0.3 is 0 Å². The molecule has 4 aliphatic rings. The number of hydrogen-bond donors (Lipinski definition) is 2. The second-order valence-corrected chi connectivity index (χ2v) is 9.06. The Bertz CT molecular complexity index is 484. The molecular formula is C21H39ClN4. The van der Waals surface area contributed by atoms with Crippen molar-refractivity contribution in [3.63, 3.8) is 0 Å². The number of nitrogens with zero attached hydrogens (tertiary/aromatic N) is 2. The summed E-state index contributed by atoms with van der Waals surface area (Å²) in [5.74, 6) is 2.63. The SMILES string of the molecule is CCCCCCCCCCC12C[C@@H]3CC(C[C@@H](C3)C1)/C2=N\N=C(N)N.Cl. The van der Waals surface area contributed by atoms with Gasteiger partial charge in [-0.1, -0.05) is 58.3 Å². The normalized spacial score (nSPS) is 33.3. The van der Waals surface area contributed by atoms with Crippen molar-refractivity contribution in [1.29, 1.82) is 0 Å². The summed E-state index contributed by atoms with van der Waals surface area (Å²) in [7, 11) is 0. The Hall–Kier alpha value is -0.770. The molecule has 0 spiro atoms. The van der Waals surface area contributed by atoms with Gasteiger partial charge in [0.05, 0.1) is 0 Å². The number of hydrogen-bond acceptors (Lipinski definition) is 2. The molecule has 5 heteroatoms. The van der Waals surface area contributed by atoms with E-state index in [-0.39, 0.29) is 18.4 Å². The van der Waals surface area contributed by atoms with Gasteiger partial charge in [0.15, 0.2) is 0 Å². The molecule has 0 heterocycles. The van der Waals surface area contributed by atoms with Crippen molar-refractivity contribution in [3.8, 4) is 0 Å². The van der Waals surface area contributed by atoms with E-state index in [0.29, 0.717) is 11.3 Å². The molecule has 150 valence electrons. The fraction of sp³-hybridized carbons (Fsp3) is 0.905. The molecule has 0 radical (unpaired) electrons. The molecule has 26 heavy (non-hydrogen) atoms. The maximum atomic E-state index is 5.55. The Morgan fingerprint density at radius 2 is 1.50 bits per heavy atom. The van der Waals surface area contributed by atoms with Gasteiger partial charge in [0.25, 0.3) is 0 Å². The first-order valence-corrected chi connectivity index (χ1v) is 10.8. The molecule has 4 bridgehead atoms. The molecule has 0 aliphatic heterocycles. The molecular weight excluding hydrogens is 344 g/mol. The summed E-state index contributed by atoms with van der Waals surface area (Å²) in [6.07, 6.45) is 19.2. The van der Waals surface area contributed by atoms with Crippen LogP contribution < -0.4 is 11.5 Å². The molecule has 4 nitrogen and oxygen atoms in total. The van der Waals surface area contributed by atoms with E-state index >= 15 is 0 Å². The summed E-state index contributed by atoms with van der Waals surface area (Å²) in [4.78, 5) is 0. The fourth-order valence-electron chi connectivity index (χ4n) is 6.18. The van der Waals surface area contributed by atoms with Gasteiger partial charge < -0.3 is 11.5 Å². The van der Waals surface area contributed by atoms with E-state index in [0.717, 1.165) is 11.8 Å². The van der Waals surface area contributed by atoms with Crippen LogP contribution >= 0.6 is 12.4 Å². The van der Waals surface area contributed by atoms with Gasteiger partial charge in [-0.3, -0.25) is 0 Å². The highest BCUT2D eigenvalue weighted by Gasteiger charge is 2.54. The second-order valence-electron chi connectivity index (χ2n) is 9.06. The molecule has 4 aliphatic carbocycles. The lowest BCUT2D eigenvalue weighted by atomic mass is 9.47. The van der Waals surface area contributed by atoms with Crippen molar-refractivity contribution in [2.24, 2.45) is 44.8 Å². The van der Waals surface area contributed by atoms with Gasteiger partial charge in [-0.25, -0.2) is 0 Å². The zero-order valence-corrected chi connectivity index (χ0v) is 17.4. The highest BCUT2D eigenvalue weighted by Crippen LogP contribution is 2.60. The summed E-state index contributed by atoms with van der Waals surface area (Å²) in [5, 5.41) is 8.66. The first-order valence-electron chi connectivity index (χ1n) is 10.8. The van der Waals surface area contributed by atoms with Gasteiger partial charge in [-0.15, -0.1) is 17.5 Å². The molecule has 4 N–H and O–H groups in total. The average molecular weight is 383 g/mol. The van der Waals surface area contributed by atoms with E-state index in [9.17, 15) is 0 Å². The monoisotopic (exact) mass is 382 g/mol. The quantitative estimate of drug-likeness (QED) is 0.230. The fourth-order valence-corrected chi connectivity index (χ4v) is 6.18. The molecule has 0 aromatic rings. The molecule has 2 unspecified atom stereocenters. The van der Waals surface area contributed by atoms with Crippen LogP contribution in [0.15, 0.2) is 10.2 Å². The smallest absolute Gasteiger partial charge is 0.211 e. The van der Waals surface area contributed by atoms with Crippen LogP contribution in [0.25, 0.3) is 0 Å². The molecule has 0 saturated heterocycles. The van der Waals surface area contributed by atoms with Crippen molar-refractivity contribution in [3.05, 3.63) is 0 Å². The zero-order chi connectivity index (χ0) is 17.7. The lowest BCUT2D eigenvalue weighted by Crippen LogP contribution is -2.53. The number of guanidine groups is 1. The summed E-state index contributed by atoms with van der Waals surface area (Å²) in [6, 6.07) is 0. The Morgan fingerprint density at radius 1 is 0.923 bits per heavy atom. The summed E-state index contributed by atoms with van der Waals surface area (Å²) in [6.45, 7) is 2.28. The Kier molecular flexibility index (Phi) is 8.25. The van der Waals surface area contributed by atoms with Crippen molar-refractivity contribution in [2.45, 2.75) is 96.8 Å². The predicted octanol–water partition coefficient (Wildman–Crippen LogP) is 5.39. The van der Waals surface area contributed by atoms with E-state index in [1.165, 1.54) is 95.6 Å². The lowest BCUT2D eigenvalue weighted by molar-refractivity contribution is 0.0399. The van der Waals surface area contributed by atoms with Crippen LogP contribution in [0.1, 0.15) is 96.8 Å². The highest BCUT2D eigenvalue weighted by molar-refractivity contribution is 5.94. The minimum atomic E-state index is 0. The van der Waals surface area contributed by atoms with E-state index in [1.54, 1.807) is 0 Å². The average Bonchev–Trinajstić information content (AvgIpc) is 2.56. The lowest BCUT2D eigenvalue weighted by Gasteiger charge is -2.57. The van der Waals surface area contributed by atoms with Gasteiger partial charge in [0.1, 0.15) is 0 Å². The van der Waals surface area contributed by atoms with Gasteiger partial charge in [-0.05, 0) is 50.4 Å². The largest absolute Gasteiger partial charge is 0.369 e. The number of unbranched alkanes of at least 4 members (excludes halogenated alkanes) is 7. The first kappa shape index (κ1) is 21.5. The minimum Gasteiger partial charge on any atom is -0.369 e. The maximum Gasteiger partial charge on any atom is 0.211 e. The second kappa shape index (κ2) is 9.96. The van der Waals surface area contributed by atoms with E-state index in [4.69, 9.17) is 11.5 Å². The Balaban J connectivity index is 0.00000243. The van der Waals surface area contributed by atoms with Crippen LogP contribution in [0.5, 0.6) is 0 Å². The van der Waals surface area contributed by atoms with E-state index < -0.39 is 0 Å². The summed E-state index contributed by atoms with van der Waals surface area (Å²) >= 11 is 0. The van der Waals surface area contributed by atoms with Crippen molar-refractivity contribution >= 4 is 24.1 Å². The Morgan fingerprint density at radius 3 is 2.08 bits per heavy atom. The molecule has 4 fully saturated rings. The van der Waals surface area contributed by atoms with Crippen LogP contribution in [0.2, 0.25) is 0 Å². The van der Waals surface area contributed by atoms with E-state index in [2.05, 4.69) is 17.1 Å². The molecule has 4 saturated carbocycles. The summed E-state index contributed by atoms with van der Waals surface area (Å²) < 4.78 is 0. The standard InChI is InChI=1S/C21H38N4.ClH/c1-2-3-4-5-6-7-8-9-10-21-14-16-11-17(15-21)13-18(12-16)19(21)24-25-20(22)23;/h16-18H,2-15H2,1H3,(H4,22,23,25);1H/b24-19+;/t16-,17+,18?,21?;. The molecule has 0 amide bonds. The van der Waals surface area contributed by atoms with Crippen LogP contribution in [-0.4, -0.2) is 11.7 Å². The van der Waals surface area contributed by atoms with Gasteiger partial charge in [-0.2, -0.15) is 5.10 Å². The van der Waals surface area contributed by atoms with Gasteiger partial charge in [0, 0.05) is 17.0 Å². The van der Waals surface area contributed by atoms with E-state index in [1.807, 2.05) is 0 Å². The van der Waals surface area contributed by atoms with Crippen LogP contribution in [0.3, 0.4) is 0 Å². The highest BCUT2D eigenvalue weighted by atomic mass is 35.5. The van der Waals surface area contributed by atoms with Crippen LogP contribution in [-0.2, 0) is 0 Å². The van der Waals surface area contributed by atoms with Crippen LogP contribution in [0, 0.1) is 23.2 Å². The third-order valence-electron chi connectivity index (χ3n) is 6.97. The molecule has 0 aromatic heterocycles. The Labute approximate surface area is 166 Å². The number of rotatable bonds is 10. The van der Waals surface area contributed by atoms with Crippen molar-refractivity contribution in [1.82, 2.24) is 0 Å². The predicted molar refractivity (Wildman–Crippen MR) is 114 cm³/mol. The minimum absolute atomic E-state index is 0. The van der Waals surface area contributed by atoms with Gasteiger partial charge in [0.2, 0.25) is 5.96 Å². The number of halogens is 1.